The summed E-state index contributed by atoms with van der Waals surface area (Å²) in [7, 11) is -0.263. The number of furan rings is 1. The van der Waals surface area contributed by atoms with E-state index in [-0.39, 0.29) is 12.6 Å². The van der Waals surface area contributed by atoms with Gasteiger partial charge in [-0.25, -0.2) is 0 Å². The molecule has 6 heteroatoms. The molecule has 0 radical (unpaired) electrons. The van der Waals surface area contributed by atoms with Gasteiger partial charge in [0.25, 0.3) is 10.2 Å². The number of nitrogens with zero attached hydrogens (tertiary/aromatic N) is 2. The van der Waals surface area contributed by atoms with Crippen LogP contribution in [0.5, 0.6) is 0 Å². The molecular formula is C14H24N2O3S. The van der Waals surface area contributed by atoms with Crippen LogP contribution in [0, 0.1) is 5.92 Å². The predicted octanol–water partition coefficient (Wildman–Crippen LogP) is 2.42. The van der Waals surface area contributed by atoms with Crippen molar-refractivity contribution in [2.24, 2.45) is 5.92 Å². The van der Waals surface area contributed by atoms with Crippen molar-refractivity contribution < 1.29 is 12.8 Å². The molecule has 2 rings (SSSR count). The zero-order valence-electron chi connectivity index (χ0n) is 12.8. The normalized spacial score (nSPS) is 23.0. The van der Waals surface area contributed by atoms with Gasteiger partial charge in [-0.2, -0.15) is 17.0 Å². The topological polar surface area (TPSA) is 53.8 Å². The fourth-order valence-corrected chi connectivity index (χ4v) is 3.45. The molecule has 0 bridgehead atoms. The SMILES string of the molecule is CC(C)N(C)S(=O)(=O)N(C)Cc1ccc([C@@H]2C[C@H]2C)o1. The average molecular weight is 300 g/mol. The summed E-state index contributed by atoms with van der Waals surface area (Å²) < 4.78 is 33.0. The molecule has 5 nitrogen and oxygen atoms in total. The van der Waals surface area contributed by atoms with Gasteiger partial charge in [-0.3, -0.25) is 0 Å². The van der Waals surface area contributed by atoms with E-state index in [0.29, 0.717) is 17.6 Å². The lowest BCUT2D eigenvalue weighted by atomic mass is 10.3. The summed E-state index contributed by atoms with van der Waals surface area (Å²) in [5.41, 5.74) is 0. The Morgan fingerprint density at radius 1 is 1.35 bits per heavy atom. The molecule has 1 fully saturated rings. The lowest BCUT2D eigenvalue weighted by molar-refractivity contribution is 0.336. The summed E-state index contributed by atoms with van der Waals surface area (Å²) in [6.07, 6.45) is 1.16. The highest BCUT2D eigenvalue weighted by Gasteiger charge is 2.36. The molecule has 0 aromatic carbocycles. The second kappa shape index (κ2) is 5.50. The molecule has 20 heavy (non-hydrogen) atoms. The summed E-state index contributed by atoms with van der Waals surface area (Å²) in [5, 5.41) is 0. The van der Waals surface area contributed by atoms with Gasteiger partial charge in [-0.05, 0) is 38.3 Å². The van der Waals surface area contributed by atoms with E-state index in [9.17, 15) is 8.42 Å². The van der Waals surface area contributed by atoms with Crippen molar-refractivity contribution >= 4 is 10.2 Å². The molecule has 1 aromatic heterocycles. The maximum Gasteiger partial charge on any atom is 0.282 e. The number of rotatable bonds is 6. The molecule has 1 heterocycles. The van der Waals surface area contributed by atoms with Crippen LogP contribution < -0.4 is 0 Å². The van der Waals surface area contributed by atoms with E-state index < -0.39 is 10.2 Å². The quantitative estimate of drug-likeness (QED) is 0.810. The Morgan fingerprint density at radius 2 is 1.95 bits per heavy atom. The highest BCUT2D eigenvalue weighted by atomic mass is 32.2. The van der Waals surface area contributed by atoms with Crippen LogP contribution in [-0.2, 0) is 16.8 Å². The molecule has 0 N–H and O–H groups in total. The summed E-state index contributed by atoms with van der Waals surface area (Å²) in [6.45, 7) is 6.16. The van der Waals surface area contributed by atoms with Crippen LogP contribution in [0.2, 0.25) is 0 Å². The molecule has 0 spiro atoms. The third-order valence-corrected chi connectivity index (χ3v) is 6.09. The molecule has 2 atom stereocenters. The Morgan fingerprint density at radius 3 is 2.45 bits per heavy atom. The summed E-state index contributed by atoms with van der Waals surface area (Å²) in [4.78, 5) is 0. The van der Waals surface area contributed by atoms with Crippen molar-refractivity contribution in [3.63, 3.8) is 0 Å². The van der Waals surface area contributed by atoms with Gasteiger partial charge in [0.05, 0.1) is 6.54 Å². The molecule has 0 aliphatic heterocycles. The molecular weight excluding hydrogens is 276 g/mol. The number of hydrogen-bond donors (Lipinski definition) is 0. The Labute approximate surface area is 121 Å². The van der Waals surface area contributed by atoms with Crippen molar-refractivity contribution in [1.82, 2.24) is 8.61 Å². The second-order valence-electron chi connectivity index (χ2n) is 6.00. The molecule has 114 valence electrons. The Balaban J connectivity index is 2.04. The summed E-state index contributed by atoms with van der Waals surface area (Å²) in [6, 6.07) is 3.78. The van der Waals surface area contributed by atoms with E-state index in [4.69, 9.17) is 4.42 Å². The van der Waals surface area contributed by atoms with Gasteiger partial charge in [0.2, 0.25) is 0 Å². The first-order chi connectivity index (χ1) is 9.23. The highest BCUT2D eigenvalue weighted by Crippen LogP contribution is 2.47. The van der Waals surface area contributed by atoms with Gasteiger partial charge < -0.3 is 4.42 Å². The summed E-state index contributed by atoms with van der Waals surface area (Å²) in [5.74, 6) is 2.88. The monoisotopic (exact) mass is 300 g/mol. The molecule has 1 aliphatic rings. The zero-order chi connectivity index (χ0) is 15.1. The van der Waals surface area contributed by atoms with Crippen LogP contribution in [0.3, 0.4) is 0 Å². The van der Waals surface area contributed by atoms with Crippen molar-refractivity contribution in [2.75, 3.05) is 14.1 Å². The highest BCUT2D eigenvalue weighted by molar-refractivity contribution is 7.86. The standard InChI is InChI=1S/C14H24N2O3S/c1-10(2)16(5)20(17,18)15(4)9-12-6-7-14(19-12)13-8-11(13)3/h6-7,10-11,13H,8-9H2,1-5H3/t11-,13-/m1/s1. The predicted molar refractivity (Wildman–Crippen MR) is 78.5 cm³/mol. The summed E-state index contributed by atoms with van der Waals surface area (Å²) >= 11 is 0. The lowest BCUT2D eigenvalue weighted by Crippen LogP contribution is -2.42. The molecule has 1 aliphatic carbocycles. The second-order valence-corrected chi connectivity index (χ2v) is 8.09. The minimum absolute atomic E-state index is 0.0677. The van der Waals surface area contributed by atoms with Crippen molar-refractivity contribution in [3.8, 4) is 0 Å². The first kappa shape index (κ1) is 15.5. The third kappa shape index (κ3) is 3.07. The smallest absolute Gasteiger partial charge is 0.282 e. The molecule has 0 amide bonds. The van der Waals surface area contributed by atoms with Gasteiger partial charge in [0, 0.05) is 26.1 Å². The molecule has 1 saturated carbocycles. The van der Waals surface area contributed by atoms with E-state index in [2.05, 4.69) is 6.92 Å². The van der Waals surface area contributed by atoms with E-state index >= 15 is 0 Å². The Kier molecular flexibility index (Phi) is 4.27. The van der Waals surface area contributed by atoms with Crippen molar-refractivity contribution in [1.29, 1.82) is 0 Å². The maximum atomic E-state index is 12.3. The maximum absolute atomic E-state index is 12.3. The van der Waals surface area contributed by atoms with Gasteiger partial charge in [-0.15, -0.1) is 0 Å². The third-order valence-electron chi connectivity index (χ3n) is 4.02. The minimum Gasteiger partial charge on any atom is -0.464 e. The van der Waals surface area contributed by atoms with Gasteiger partial charge >= 0.3 is 0 Å². The van der Waals surface area contributed by atoms with E-state index in [0.717, 1.165) is 12.2 Å². The molecule has 0 unspecified atom stereocenters. The Bertz CT molecular complexity index is 565. The van der Waals surface area contributed by atoms with E-state index in [1.807, 2.05) is 26.0 Å². The lowest BCUT2D eigenvalue weighted by Gasteiger charge is -2.26. The zero-order valence-corrected chi connectivity index (χ0v) is 13.6. The van der Waals surface area contributed by atoms with E-state index in [1.54, 1.807) is 14.1 Å². The van der Waals surface area contributed by atoms with Crippen molar-refractivity contribution in [2.45, 2.75) is 45.7 Å². The fourth-order valence-electron chi connectivity index (χ4n) is 2.18. The van der Waals surface area contributed by atoms with Gasteiger partial charge in [0.15, 0.2) is 0 Å². The first-order valence-electron chi connectivity index (χ1n) is 7.01. The number of hydrogen-bond acceptors (Lipinski definition) is 3. The van der Waals surface area contributed by atoms with Crippen LogP contribution in [-0.4, -0.2) is 37.2 Å². The van der Waals surface area contributed by atoms with Crippen LogP contribution in [0.4, 0.5) is 0 Å². The fraction of sp³-hybridized carbons (Fsp3) is 0.714. The average Bonchev–Trinajstić information content (AvgIpc) is 2.91. The van der Waals surface area contributed by atoms with Gasteiger partial charge in [0.1, 0.15) is 11.5 Å². The largest absolute Gasteiger partial charge is 0.464 e. The van der Waals surface area contributed by atoms with Crippen LogP contribution in [0.1, 0.15) is 44.6 Å². The molecule has 0 saturated heterocycles. The van der Waals surface area contributed by atoms with Crippen LogP contribution in [0.25, 0.3) is 0 Å². The van der Waals surface area contributed by atoms with E-state index in [1.165, 1.54) is 8.61 Å². The van der Waals surface area contributed by atoms with Crippen LogP contribution in [0.15, 0.2) is 16.5 Å². The van der Waals surface area contributed by atoms with Crippen molar-refractivity contribution in [3.05, 3.63) is 23.7 Å². The van der Waals surface area contributed by atoms with Crippen LogP contribution >= 0.6 is 0 Å². The first-order valence-corrected chi connectivity index (χ1v) is 8.41. The minimum atomic E-state index is -3.44. The van der Waals surface area contributed by atoms with Gasteiger partial charge in [-0.1, -0.05) is 6.92 Å². The molecule has 1 aromatic rings. The Hall–Kier alpha value is -0.850.